The smallest absolute Gasteiger partial charge is 0.205 e. The summed E-state index contributed by atoms with van der Waals surface area (Å²) < 4.78 is 6.16. The molecule has 83 valence electrons. The van der Waals surface area contributed by atoms with Gasteiger partial charge in [0, 0.05) is 0 Å². The van der Waals surface area contributed by atoms with Crippen LogP contribution in [-0.2, 0) is 4.12 Å². The SMILES string of the molecule is Cc1ccc([Si](C)(C)O[Si](C)C)cc1C. The zero-order valence-corrected chi connectivity index (χ0v) is 12.6. The van der Waals surface area contributed by atoms with Gasteiger partial charge in [-0.1, -0.05) is 18.2 Å². The van der Waals surface area contributed by atoms with E-state index in [9.17, 15) is 0 Å². The molecule has 0 atom stereocenters. The summed E-state index contributed by atoms with van der Waals surface area (Å²) in [6, 6.07) is 6.74. The molecule has 1 nitrogen and oxygen atoms in total. The normalized spacial score (nSPS) is 12.2. The molecule has 0 spiro atoms. The molecular formula is C12H21OSi2. The van der Waals surface area contributed by atoms with E-state index < -0.39 is 17.4 Å². The molecule has 15 heavy (non-hydrogen) atoms. The summed E-state index contributed by atoms with van der Waals surface area (Å²) in [6.45, 7) is 13.3. The van der Waals surface area contributed by atoms with E-state index in [4.69, 9.17) is 4.12 Å². The zero-order chi connectivity index (χ0) is 11.6. The van der Waals surface area contributed by atoms with Gasteiger partial charge in [-0.05, 0) is 56.3 Å². The van der Waals surface area contributed by atoms with Gasteiger partial charge in [0.05, 0.1) is 0 Å². The van der Waals surface area contributed by atoms with Crippen LogP contribution in [0.1, 0.15) is 11.1 Å². The van der Waals surface area contributed by atoms with Crippen molar-refractivity contribution in [3.63, 3.8) is 0 Å². The van der Waals surface area contributed by atoms with Gasteiger partial charge in [-0.25, -0.2) is 0 Å². The van der Waals surface area contributed by atoms with Gasteiger partial charge in [0.2, 0.25) is 8.32 Å². The van der Waals surface area contributed by atoms with E-state index in [2.05, 4.69) is 58.2 Å². The van der Waals surface area contributed by atoms with E-state index in [1.165, 1.54) is 16.3 Å². The highest BCUT2D eigenvalue weighted by Gasteiger charge is 2.26. The molecule has 0 bridgehead atoms. The third kappa shape index (κ3) is 3.29. The summed E-state index contributed by atoms with van der Waals surface area (Å²) >= 11 is 0. The van der Waals surface area contributed by atoms with Crippen LogP contribution in [0.4, 0.5) is 0 Å². The van der Waals surface area contributed by atoms with E-state index >= 15 is 0 Å². The highest BCUT2D eigenvalue weighted by atomic mass is 28.4. The molecule has 3 heteroatoms. The molecule has 0 aliphatic rings. The van der Waals surface area contributed by atoms with Crippen molar-refractivity contribution in [1.29, 1.82) is 0 Å². The van der Waals surface area contributed by atoms with Gasteiger partial charge in [-0.15, -0.1) is 0 Å². The Balaban J connectivity index is 2.99. The first-order valence-electron chi connectivity index (χ1n) is 5.40. The maximum absolute atomic E-state index is 6.16. The predicted molar refractivity (Wildman–Crippen MR) is 71.6 cm³/mol. The molecule has 0 heterocycles. The first-order chi connectivity index (χ1) is 6.83. The summed E-state index contributed by atoms with van der Waals surface area (Å²) in [5.41, 5.74) is 2.74. The third-order valence-corrected chi connectivity index (χ3v) is 8.04. The molecule has 0 unspecified atom stereocenters. The molecular weight excluding hydrogens is 216 g/mol. The Morgan fingerprint density at radius 3 is 2.13 bits per heavy atom. The van der Waals surface area contributed by atoms with Crippen LogP contribution in [0.3, 0.4) is 0 Å². The largest absolute Gasteiger partial charge is 0.452 e. The summed E-state index contributed by atoms with van der Waals surface area (Å²) in [6.07, 6.45) is 0. The molecule has 0 fully saturated rings. The Morgan fingerprint density at radius 2 is 1.67 bits per heavy atom. The van der Waals surface area contributed by atoms with E-state index in [1.807, 2.05) is 0 Å². The fraction of sp³-hybridized carbons (Fsp3) is 0.500. The monoisotopic (exact) mass is 237 g/mol. The van der Waals surface area contributed by atoms with Crippen LogP contribution in [-0.4, -0.2) is 17.4 Å². The van der Waals surface area contributed by atoms with Crippen LogP contribution in [0.15, 0.2) is 18.2 Å². The van der Waals surface area contributed by atoms with Crippen LogP contribution in [0.5, 0.6) is 0 Å². The minimum absolute atomic E-state index is 0.600. The van der Waals surface area contributed by atoms with E-state index in [0.717, 1.165) is 0 Å². The number of rotatable bonds is 3. The number of benzene rings is 1. The van der Waals surface area contributed by atoms with Crippen molar-refractivity contribution in [3.05, 3.63) is 29.3 Å². The van der Waals surface area contributed by atoms with E-state index in [0.29, 0.717) is 0 Å². The fourth-order valence-electron chi connectivity index (χ4n) is 1.69. The molecule has 0 aliphatic heterocycles. The van der Waals surface area contributed by atoms with Crippen LogP contribution >= 0.6 is 0 Å². The first kappa shape index (κ1) is 12.7. The van der Waals surface area contributed by atoms with Gasteiger partial charge in [-0.3, -0.25) is 0 Å². The van der Waals surface area contributed by atoms with Crippen molar-refractivity contribution >= 4 is 22.5 Å². The van der Waals surface area contributed by atoms with Gasteiger partial charge in [-0.2, -0.15) is 0 Å². The van der Waals surface area contributed by atoms with Crippen molar-refractivity contribution in [2.24, 2.45) is 0 Å². The number of hydrogen-bond donors (Lipinski definition) is 0. The van der Waals surface area contributed by atoms with Gasteiger partial charge in [0.25, 0.3) is 0 Å². The summed E-state index contributed by atoms with van der Waals surface area (Å²) in [7, 11) is -2.25. The molecule has 0 aromatic heterocycles. The van der Waals surface area contributed by atoms with Crippen LogP contribution in [0.25, 0.3) is 0 Å². The van der Waals surface area contributed by atoms with Gasteiger partial charge < -0.3 is 4.12 Å². The molecule has 1 rings (SSSR count). The van der Waals surface area contributed by atoms with E-state index in [1.54, 1.807) is 0 Å². The Kier molecular flexibility index (Phi) is 3.92. The minimum atomic E-state index is -1.65. The predicted octanol–water partition coefficient (Wildman–Crippen LogP) is 2.98. The van der Waals surface area contributed by atoms with Gasteiger partial charge in [0.1, 0.15) is 0 Å². The van der Waals surface area contributed by atoms with Crippen molar-refractivity contribution in [3.8, 4) is 0 Å². The molecule has 1 radical (unpaired) electrons. The van der Waals surface area contributed by atoms with Crippen molar-refractivity contribution in [1.82, 2.24) is 0 Å². The summed E-state index contributed by atoms with van der Waals surface area (Å²) in [5.74, 6) is 0. The Bertz CT molecular complexity index is 345. The Morgan fingerprint density at radius 1 is 1.07 bits per heavy atom. The molecule has 0 aliphatic carbocycles. The molecule has 0 saturated heterocycles. The summed E-state index contributed by atoms with van der Waals surface area (Å²) in [4.78, 5) is 0. The van der Waals surface area contributed by atoms with Gasteiger partial charge >= 0.3 is 0 Å². The zero-order valence-electron chi connectivity index (χ0n) is 10.6. The molecule has 0 saturated carbocycles. The van der Waals surface area contributed by atoms with Crippen molar-refractivity contribution in [2.45, 2.75) is 40.0 Å². The highest BCUT2D eigenvalue weighted by Crippen LogP contribution is 2.11. The molecule has 0 N–H and O–H groups in total. The lowest BCUT2D eigenvalue weighted by Crippen LogP contribution is -2.47. The molecule has 1 aromatic rings. The lowest BCUT2D eigenvalue weighted by atomic mass is 10.1. The quantitative estimate of drug-likeness (QED) is 0.735. The van der Waals surface area contributed by atoms with Crippen LogP contribution in [0, 0.1) is 13.8 Å². The Hall–Kier alpha value is -0.386. The highest BCUT2D eigenvalue weighted by molar-refractivity contribution is 6.88. The lowest BCUT2D eigenvalue weighted by molar-refractivity contribution is 0.590. The Labute approximate surface area is 96.3 Å². The number of aryl methyl sites for hydroxylation is 2. The topological polar surface area (TPSA) is 9.23 Å². The lowest BCUT2D eigenvalue weighted by Gasteiger charge is -2.26. The minimum Gasteiger partial charge on any atom is -0.452 e. The standard InChI is InChI=1S/C12H21OSi2/c1-10-7-8-12(9-11(10)2)15(5,6)13-14(3)4/h7-9H,1-6H3. The second kappa shape index (κ2) is 4.64. The first-order valence-corrected chi connectivity index (χ1v) is 10.7. The average molecular weight is 237 g/mol. The fourth-order valence-corrected chi connectivity index (χ4v) is 7.29. The van der Waals surface area contributed by atoms with Crippen LogP contribution < -0.4 is 5.19 Å². The maximum Gasteiger partial charge on any atom is 0.205 e. The van der Waals surface area contributed by atoms with Gasteiger partial charge in [0.15, 0.2) is 9.04 Å². The average Bonchev–Trinajstić information content (AvgIpc) is 2.07. The molecule has 0 amide bonds. The van der Waals surface area contributed by atoms with Crippen molar-refractivity contribution in [2.75, 3.05) is 0 Å². The second-order valence-electron chi connectivity index (χ2n) is 4.82. The second-order valence-corrected chi connectivity index (χ2v) is 11.1. The van der Waals surface area contributed by atoms with E-state index in [-0.39, 0.29) is 0 Å². The summed E-state index contributed by atoms with van der Waals surface area (Å²) in [5, 5.41) is 1.41. The molecule has 1 aromatic carbocycles. The third-order valence-electron chi connectivity index (χ3n) is 2.66. The maximum atomic E-state index is 6.16. The van der Waals surface area contributed by atoms with Crippen LogP contribution in [0.2, 0.25) is 26.2 Å². The number of hydrogen-bond acceptors (Lipinski definition) is 1. The van der Waals surface area contributed by atoms with Crippen molar-refractivity contribution < 1.29 is 4.12 Å².